The van der Waals surface area contributed by atoms with Gasteiger partial charge in [0, 0.05) is 42.5 Å². The van der Waals surface area contributed by atoms with Crippen LogP contribution in [0.15, 0.2) is 41.2 Å². The molecule has 2 N–H and O–H groups in total. The third-order valence-electron chi connectivity index (χ3n) is 6.82. The highest BCUT2D eigenvalue weighted by atomic mass is 19.1. The zero-order valence-electron chi connectivity index (χ0n) is 21.8. The summed E-state index contributed by atoms with van der Waals surface area (Å²) in [6.45, 7) is 9.47. The lowest BCUT2D eigenvalue weighted by molar-refractivity contribution is -0.121. The number of halogens is 1. The van der Waals surface area contributed by atoms with Crippen molar-refractivity contribution in [3.05, 3.63) is 60.0 Å². The highest BCUT2D eigenvalue weighted by Gasteiger charge is 2.26. The van der Waals surface area contributed by atoms with Gasteiger partial charge in [0.05, 0.1) is 23.3 Å². The van der Waals surface area contributed by atoms with Gasteiger partial charge in [0.2, 0.25) is 17.4 Å². The van der Waals surface area contributed by atoms with Gasteiger partial charge in [0.25, 0.3) is 5.91 Å². The number of aryl methyl sites for hydroxylation is 2. The van der Waals surface area contributed by atoms with Crippen molar-refractivity contribution in [1.29, 1.82) is 0 Å². The molecule has 1 aromatic carbocycles. The molecule has 4 heterocycles. The fourth-order valence-electron chi connectivity index (χ4n) is 4.73. The molecule has 5 rings (SSSR count). The molecule has 0 unspecified atom stereocenters. The van der Waals surface area contributed by atoms with E-state index in [4.69, 9.17) is 4.42 Å². The Morgan fingerprint density at radius 2 is 1.84 bits per heavy atom. The number of nitrogens with one attached hydrogen (secondary N) is 2. The van der Waals surface area contributed by atoms with Crippen LogP contribution in [0.4, 0.5) is 15.8 Å². The summed E-state index contributed by atoms with van der Waals surface area (Å²) in [4.78, 5) is 40.7. The van der Waals surface area contributed by atoms with Gasteiger partial charge in [0.15, 0.2) is 5.89 Å². The fraction of sp³-hybridized carbons (Fsp3) is 0.370. The first-order valence-electron chi connectivity index (χ1n) is 12.6. The van der Waals surface area contributed by atoms with E-state index in [1.54, 1.807) is 36.8 Å². The Labute approximate surface area is 219 Å². The van der Waals surface area contributed by atoms with Crippen molar-refractivity contribution in [3.63, 3.8) is 0 Å². The van der Waals surface area contributed by atoms with Gasteiger partial charge in [-0.3, -0.25) is 14.0 Å². The van der Waals surface area contributed by atoms with E-state index in [0.29, 0.717) is 40.5 Å². The molecule has 0 aliphatic carbocycles. The number of piperidine rings is 1. The summed E-state index contributed by atoms with van der Waals surface area (Å²) in [6, 6.07) is 4.70. The van der Waals surface area contributed by atoms with Crippen molar-refractivity contribution >= 4 is 29.0 Å². The molecular formula is C27H30FN7O3. The molecule has 38 heavy (non-hydrogen) atoms. The number of oxazole rings is 1. The van der Waals surface area contributed by atoms with Crippen LogP contribution in [0.2, 0.25) is 0 Å². The summed E-state index contributed by atoms with van der Waals surface area (Å²) < 4.78 is 21.8. The molecule has 0 spiro atoms. The third kappa shape index (κ3) is 5.28. The number of rotatable bonds is 6. The second-order valence-electron chi connectivity index (χ2n) is 9.87. The number of benzene rings is 1. The maximum Gasteiger partial charge on any atom is 0.293 e. The maximum atomic E-state index is 14.8. The SMILES string of the molecule is Cc1nc(C)c(C(=O)Nc2ccc(F)c(-c3cn4cc(NC(=O)C5CCN(C(C)C)CC5)cnc4n3)c2)o1. The second kappa shape index (κ2) is 10.3. The van der Waals surface area contributed by atoms with Crippen molar-refractivity contribution in [2.45, 2.75) is 46.6 Å². The fourth-order valence-corrected chi connectivity index (χ4v) is 4.73. The van der Waals surface area contributed by atoms with Crippen LogP contribution in [0.5, 0.6) is 0 Å². The monoisotopic (exact) mass is 519 g/mol. The zero-order chi connectivity index (χ0) is 27.0. The number of fused-ring (bicyclic) bond motifs is 1. The molecule has 4 aromatic rings. The van der Waals surface area contributed by atoms with E-state index in [1.807, 2.05) is 0 Å². The number of carbonyl (C=O) groups excluding carboxylic acids is 2. The van der Waals surface area contributed by atoms with E-state index in [9.17, 15) is 14.0 Å². The molecule has 1 aliphatic heterocycles. The summed E-state index contributed by atoms with van der Waals surface area (Å²) in [6.07, 6.45) is 6.51. The topological polar surface area (TPSA) is 118 Å². The average Bonchev–Trinajstić information content (AvgIpc) is 3.46. The molecule has 1 fully saturated rings. The molecule has 1 aliphatic rings. The number of carbonyl (C=O) groups is 2. The standard InChI is InChI=1S/C27H30FN7O3/c1-15(2)34-9-7-18(8-10-34)25(36)32-20-12-29-27-33-23(14-35(27)13-20)21-11-19(5-6-22(21)28)31-26(37)24-16(3)30-17(4)38-24/h5-6,11-15,18H,7-10H2,1-4H3,(H,31,37)(H,32,36). The van der Waals surface area contributed by atoms with E-state index in [1.165, 1.54) is 18.2 Å². The van der Waals surface area contributed by atoms with Crippen molar-refractivity contribution in [2.75, 3.05) is 23.7 Å². The van der Waals surface area contributed by atoms with Gasteiger partial charge in [0.1, 0.15) is 5.82 Å². The first kappa shape index (κ1) is 25.5. The lowest BCUT2D eigenvalue weighted by atomic mass is 9.95. The largest absolute Gasteiger partial charge is 0.436 e. The van der Waals surface area contributed by atoms with E-state index >= 15 is 0 Å². The summed E-state index contributed by atoms with van der Waals surface area (Å²) >= 11 is 0. The Morgan fingerprint density at radius 1 is 1.08 bits per heavy atom. The van der Waals surface area contributed by atoms with Crippen LogP contribution < -0.4 is 10.6 Å². The minimum Gasteiger partial charge on any atom is -0.436 e. The molecule has 3 aromatic heterocycles. The van der Waals surface area contributed by atoms with Gasteiger partial charge in [-0.05, 0) is 64.9 Å². The first-order chi connectivity index (χ1) is 18.2. The van der Waals surface area contributed by atoms with E-state index in [2.05, 4.69) is 44.3 Å². The van der Waals surface area contributed by atoms with Crippen LogP contribution in [-0.4, -0.2) is 55.2 Å². The highest BCUT2D eigenvalue weighted by molar-refractivity contribution is 6.03. The van der Waals surface area contributed by atoms with Crippen LogP contribution >= 0.6 is 0 Å². The van der Waals surface area contributed by atoms with Crippen molar-refractivity contribution in [1.82, 2.24) is 24.3 Å². The Morgan fingerprint density at radius 3 is 2.53 bits per heavy atom. The van der Waals surface area contributed by atoms with Crippen LogP contribution in [-0.2, 0) is 4.79 Å². The summed E-state index contributed by atoms with van der Waals surface area (Å²) in [7, 11) is 0. The molecule has 10 nitrogen and oxygen atoms in total. The molecule has 2 amide bonds. The Balaban J connectivity index is 1.31. The Hall–Kier alpha value is -4.12. The van der Waals surface area contributed by atoms with Crippen LogP contribution in [0.1, 0.15) is 48.8 Å². The van der Waals surface area contributed by atoms with Gasteiger partial charge in [-0.25, -0.2) is 19.3 Å². The summed E-state index contributed by atoms with van der Waals surface area (Å²) in [5.41, 5.74) is 1.92. The number of likely N-dealkylation sites (tertiary alicyclic amines) is 1. The number of anilines is 2. The third-order valence-corrected chi connectivity index (χ3v) is 6.82. The highest BCUT2D eigenvalue weighted by Crippen LogP contribution is 2.27. The molecule has 0 radical (unpaired) electrons. The van der Waals surface area contributed by atoms with Crippen LogP contribution in [0, 0.1) is 25.6 Å². The number of amides is 2. The minimum absolute atomic E-state index is 0.0263. The van der Waals surface area contributed by atoms with Crippen molar-refractivity contribution < 1.29 is 18.4 Å². The number of imidazole rings is 1. The number of hydrogen-bond acceptors (Lipinski definition) is 7. The summed E-state index contributed by atoms with van der Waals surface area (Å²) in [5.74, 6) is -0.212. The van der Waals surface area contributed by atoms with Crippen molar-refractivity contribution in [3.8, 4) is 11.3 Å². The number of aromatic nitrogens is 4. The molecule has 0 bridgehead atoms. The van der Waals surface area contributed by atoms with Gasteiger partial charge in [-0.2, -0.15) is 0 Å². The Kier molecular flexibility index (Phi) is 6.94. The molecule has 0 saturated carbocycles. The average molecular weight is 520 g/mol. The lowest BCUT2D eigenvalue weighted by Crippen LogP contribution is -2.41. The zero-order valence-corrected chi connectivity index (χ0v) is 21.8. The van der Waals surface area contributed by atoms with Crippen LogP contribution in [0.25, 0.3) is 17.0 Å². The molecule has 1 saturated heterocycles. The van der Waals surface area contributed by atoms with E-state index in [-0.39, 0.29) is 23.1 Å². The number of hydrogen-bond donors (Lipinski definition) is 2. The molecule has 11 heteroatoms. The maximum absolute atomic E-state index is 14.8. The van der Waals surface area contributed by atoms with E-state index in [0.717, 1.165) is 25.9 Å². The van der Waals surface area contributed by atoms with Gasteiger partial charge in [-0.15, -0.1) is 0 Å². The molecular weight excluding hydrogens is 489 g/mol. The lowest BCUT2D eigenvalue weighted by Gasteiger charge is -2.33. The molecule has 198 valence electrons. The minimum atomic E-state index is -0.501. The van der Waals surface area contributed by atoms with E-state index < -0.39 is 11.7 Å². The smallest absolute Gasteiger partial charge is 0.293 e. The molecule has 0 atom stereocenters. The van der Waals surface area contributed by atoms with Gasteiger partial charge in [-0.1, -0.05) is 0 Å². The normalized spacial score (nSPS) is 14.8. The predicted octanol–water partition coefficient (Wildman–Crippen LogP) is 4.45. The van der Waals surface area contributed by atoms with Crippen molar-refractivity contribution in [2.24, 2.45) is 5.92 Å². The quantitative estimate of drug-likeness (QED) is 0.386. The van der Waals surface area contributed by atoms with Crippen LogP contribution in [0.3, 0.4) is 0 Å². The van der Waals surface area contributed by atoms with Gasteiger partial charge >= 0.3 is 0 Å². The number of nitrogens with zero attached hydrogens (tertiary/aromatic N) is 5. The van der Waals surface area contributed by atoms with Gasteiger partial charge < -0.3 is 20.0 Å². The summed E-state index contributed by atoms with van der Waals surface area (Å²) in [5, 5.41) is 5.67. The first-order valence-corrected chi connectivity index (χ1v) is 12.6. The second-order valence-corrected chi connectivity index (χ2v) is 9.87. The Bertz CT molecular complexity index is 1500. The predicted molar refractivity (Wildman–Crippen MR) is 140 cm³/mol.